The van der Waals surface area contributed by atoms with Gasteiger partial charge in [0, 0.05) is 23.4 Å². The maximum absolute atomic E-state index is 11.7. The minimum Gasteiger partial charge on any atom is -0.506 e. The van der Waals surface area contributed by atoms with Crippen molar-refractivity contribution in [3.8, 4) is 5.75 Å². The molecule has 2 heterocycles. The number of carbonyl (C=O) groups is 2. The standard InChI is InChI=1S/C13H17NO5S/c1-3-18-12(16)11-10(15)8-7-14(13(17)19-4-2)6-5-9(8)20-11/h15H,3-7H2,1-2H3. The number of thiophene rings is 1. The van der Waals surface area contributed by atoms with Crippen molar-refractivity contribution in [3.05, 3.63) is 15.3 Å². The Morgan fingerprint density at radius 1 is 1.30 bits per heavy atom. The van der Waals surface area contributed by atoms with Crippen LogP contribution in [-0.4, -0.2) is 41.8 Å². The molecule has 1 aliphatic heterocycles. The Bertz CT molecular complexity index is 525. The fourth-order valence-electron chi connectivity index (χ4n) is 2.08. The van der Waals surface area contributed by atoms with Gasteiger partial charge in [-0.2, -0.15) is 0 Å². The van der Waals surface area contributed by atoms with E-state index in [9.17, 15) is 14.7 Å². The summed E-state index contributed by atoms with van der Waals surface area (Å²) in [5.74, 6) is -0.593. The molecule has 110 valence electrons. The monoisotopic (exact) mass is 299 g/mol. The summed E-state index contributed by atoms with van der Waals surface area (Å²) >= 11 is 1.23. The van der Waals surface area contributed by atoms with E-state index in [-0.39, 0.29) is 23.8 Å². The van der Waals surface area contributed by atoms with Gasteiger partial charge in [-0.05, 0) is 13.8 Å². The topological polar surface area (TPSA) is 76.1 Å². The summed E-state index contributed by atoms with van der Waals surface area (Å²) in [6, 6.07) is 0. The van der Waals surface area contributed by atoms with Gasteiger partial charge < -0.3 is 19.5 Å². The van der Waals surface area contributed by atoms with Crippen molar-refractivity contribution < 1.29 is 24.2 Å². The van der Waals surface area contributed by atoms with E-state index in [1.165, 1.54) is 16.2 Å². The van der Waals surface area contributed by atoms with Crippen molar-refractivity contribution in [1.82, 2.24) is 4.90 Å². The minimum absolute atomic E-state index is 0.0718. The van der Waals surface area contributed by atoms with Gasteiger partial charge in [0.15, 0.2) is 4.88 Å². The molecule has 1 aromatic heterocycles. The third kappa shape index (κ3) is 2.72. The van der Waals surface area contributed by atoms with E-state index in [0.717, 1.165) is 4.88 Å². The number of ether oxygens (including phenoxy) is 2. The van der Waals surface area contributed by atoms with Crippen LogP contribution in [0.3, 0.4) is 0 Å². The molecule has 0 saturated carbocycles. The molecule has 1 aliphatic rings. The van der Waals surface area contributed by atoms with Gasteiger partial charge in [0.05, 0.1) is 19.8 Å². The second kappa shape index (κ2) is 6.13. The SMILES string of the molecule is CCOC(=O)c1sc2c(c1O)CN(C(=O)OCC)CC2. The Kier molecular flexibility index (Phi) is 4.49. The molecule has 0 aliphatic carbocycles. The summed E-state index contributed by atoms with van der Waals surface area (Å²) in [5, 5.41) is 10.1. The van der Waals surface area contributed by atoms with Gasteiger partial charge in [-0.3, -0.25) is 0 Å². The Hall–Kier alpha value is -1.76. The molecule has 1 aromatic rings. The largest absolute Gasteiger partial charge is 0.506 e. The molecule has 0 radical (unpaired) electrons. The summed E-state index contributed by atoms with van der Waals surface area (Å²) in [4.78, 5) is 26.1. The van der Waals surface area contributed by atoms with Gasteiger partial charge in [-0.15, -0.1) is 11.3 Å². The number of hydrogen-bond donors (Lipinski definition) is 1. The highest BCUT2D eigenvalue weighted by Crippen LogP contribution is 2.38. The molecule has 0 atom stereocenters. The summed E-state index contributed by atoms with van der Waals surface area (Å²) in [6.07, 6.45) is 0.202. The third-order valence-electron chi connectivity index (χ3n) is 3.01. The van der Waals surface area contributed by atoms with Gasteiger partial charge in [0.2, 0.25) is 0 Å². The normalized spacial score (nSPS) is 13.8. The lowest BCUT2D eigenvalue weighted by Gasteiger charge is -2.25. The number of hydrogen-bond acceptors (Lipinski definition) is 6. The van der Waals surface area contributed by atoms with E-state index in [2.05, 4.69) is 0 Å². The van der Waals surface area contributed by atoms with Crippen LogP contribution in [0.1, 0.15) is 34.0 Å². The van der Waals surface area contributed by atoms with Crippen LogP contribution < -0.4 is 0 Å². The lowest BCUT2D eigenvalue weighted by Crippen LogP contribution is -2.35. The second-order valence-corrected chi connectivity index (χ2v) is 5.38. The first-order valence-corrected chi connectivity index (χ1v) is 7.32. The summed E-state index contributed by atoms with van der Waals surface area (Å²) in [7, 11) is 0. The van der Waals surface area contributed by atoms with Crippen LogP contribution >= 0.6 is 11.3 Å². The van der Waals surface area contributed by atoms with Crippen molar-refractivity contribution in [2.75, 3.05) is 19.8 Å². The van der Waals surface area contributed by atoms with Gasteiger partial charge in [-0.1, -0.05) is 0 Å². The zero-order chi connectivity index (χ0) is 14.7. The predicted octanol–water partition coefficient (Wildman–Crippen LogP) is 2.15. The van der Waals surface area contributed by atoms with E-state index < -0.39 is 12.1 Å². The molecule has 0 unspecified atom stereocenters. The lowest BCUT2D eigenvalue weighted by atomic mass is 10.1. The first-order valence-electron chi connectivity index (χ1n) is 6.50. The number of rotatable bonds is 3. The molecule has 1 N–H and O–H groups in total. The fourth-order valence-corrected chi connectivity index (χ4v) is 3.17. The summed E-state index contributed by atoms with van der Waals surface area (Å²) < 4.78 is 9.85. The Labute approximate surface area is 120 Å². The molecule has 7 heteroatoms. The van der Waals surface area contributed by atoms with Crippen molar-refractivity contribution in [3.63, 3.8) is 0 Å². The van der Waals surface area contributed by atoms with Gasteiger partial charge in [0.25, 0.3) is 0 Å². The molecule has 6 nitrogen and oxygen atoms in total. The van der Waals surface area contributed by atoms with Crippen LogP contribution in [0.5, 0.6) is 5.75 Å². The number of esters is 1. The predicted molar refractivity (Wildman–Crippen MR) is 73.1 cm³/mol. The molecule has 20 heavy (non-hydrogen) atoms. The number of carbonyl (C=O) groups excluding carboxylic acids is 2. The van der Waals surface area contributed by atoms with E-state index in [0.29, 0.717) is 25.1 Å². The van der Waals surface area contributed by atoms with Crippen LogP contribution in [-0.2, 0) is 22.4 Å². The quantitative estimate of drug-likeness (QED) is 0.865. The molecular formula is C13H17NO5S. The van der Waals surface area contributed by atoms with E-state index >= 15 is 0 Å². The van der Waals surface area contributed by atoms with Crippen LogP contribution in [0, 0.1) is 0 Å². The maximum atomic E-state index is 11.7. The van der Waals surface area contributed by atoms with Crippen molar-refractivity contribution in [2.45, 2.75) is 26.8 Å². The maximum Gasteiger partial charge on any atom is 0.410 e. The number of fused-ring (bicyclic) bond motifs is 1. The van der Waals surface area contributed by atoms with Crippen molar-refractivity contribution >= 4 is 23.4 Å². The Morgan fingerprint density at radius 2 is 2.00 bits per heavy atom. The molecule has 0 saturated heterocycles. The third-order valence-corrected chi connectivity index (χ3v) is 4.27. The second-order valence-electron chi connectivity index (χ2n) is 4.27. The number of nitrogens with zero attached hydrogens (tertiary/aromatic N) is 1. The Morgan fingerprint density at radius 3 is 2.65 bits per heavy atom. The van der Waals surface area contributed by atoms with E-state index in [4.69, 9.17) is 9.47 Å². The van der Waals surface area contributed by atoms with Crippen LogP contribution in [0.4, 0.5) is 4.79 Å². The Balaban J connectivity index is 2.20. The van der Waals surface area contributed by atoms with Crippen molar-refractivity contribution in [2.24, 2.45) is 0 Å². The fraction of sp³-hybridized carbons (Fsp3) is 0.538. The highest BCUT2D eigenvalue weighted by Gasteiger charge is 2.30. The molecular weight excluding hydrogens is 282 g/mol. The number of aromatic hydroxyl groups is 1. The van der Waals surface area contributed by atoms with Gasteiger partial charge in [0.1, 0.15) is 5.75 Å². The average molecular weight is 299 g/mol. The summed E-state index contributed by atoms with van der Waals surface area (Å²) in [5.41, 5.74) is 0.623. The smallest absolute Gasteiger partial charge is 0.410 e. The zero-order valence-electron chi connectivity index (χ0n) is 11.5. The first kappa shape index (κ1) is 14.6. The van der Waals surface area contributed by atoms with Gasteiger partial charge >= 0.3 is 12.1 Å². The number of amides is 1. The summed E-state index contributed by atoms with van der Waals surface area (Å²) in [6.45, 7) is 4.81. The van der Waals surface area contributed by atoms with Crippen LogP contribution in [0.25, 0.3) is 0 Å². The zero-order valence-corrected chi connectivity index (χ0v) is 12.3. The molecule has 1 amide bonds. The van der Waals surface area contributed by atoms with Gasteiger partial charge in [-0.25, -0.2) is 9.59 Å². The molecule has 0 aromatic carbocycles. The first-order chi connectivity index (χ1) is 9.58. The molecule has 2 rings (SSSR count). The average Bonchev–Trinajstić information content (AvgIpc) is 2.76. The van der Waals surface area contributed by atoms with Crippen molar-refractivity contribution in [1.29, 1.82) is 0 Å². The molecule has 0 spiro atoms. The highest BCUT2D eigenvalue weighted by atomic mass is 32.1. The molecule has 0 bridgehead atoms. The van der Waals surface area contributed by atoms with Crippen LogP contribution in [0.15, 0.2) is 0 Å². The molecule has 0 fully saturated rings. The van der Waals surface area contributed by atoms with Crippen LogP contribution in [0.2, 0.25) is 0 Å². The van der Waals surface area contributed by atoms with E-state index in [1.807, 2.05) is 0 Å². The minimum atomic E-state index is -0.521. The van der Waals surface area contributed by atoms with E-state index in [1.54, 1.807) is 13.8 Å². The lowest BCUT2D eigenvalue weighted by molar-refractivity contribution is 0.0529. The highest BCUT2D eigenvalue weighted by molar-refractivity contribution is 7.14.